The number of sulfone groups is 1. The van der Waals surface area contributed by atoms with Crippen LogP contribution in [0.25, 0.3) is 11.1 Å². The second-order valence-corrected chi connectivity index (χ2v) is 9.07. The molecule has 0 amide bonds. The number of benzene rings is 2. The zero-order chi connectivity index (χ0) is 18.1. The van der Waals surface area contributed by atoms with Crippen LogP contribution in [0.4, 0.5) is 0 Å². The fourth-order valence-corrected chi connectivity index (χ4v) is 4.38. The molecular formula is C20H22N2O3S. The van der Waals surface area contributed by atoms with Crippen LogP contribution in [0.3, 0.4) is 0 Å². The van der Waals surface area contributed by atoms with E-state index in [1.807, 2.05) is 6.07 Å². The van der Waals surface area contributed by atoms with Gasteiger partial charge in [0.2, 0.25) is 0 Å². The molecule has 2 heterocycles. The predicted molar refractivity (Wildman–Crippen MR) is 101 cm³/mol. The maximum atomic E-state index is 12.1. The van der Waals surface area contributed by atoms with E-state index in [0.717, 1.165) is 26.1 Å². The highest BCUT2D eigenvalue weighted by Gasteiger charge is 2.28. The first-order valence-electron chi connectivity index (χ1n) is 8.94. The smallest absolute Gasteiger partial charge is 0.199 e. The number of hydrogen-bond donors (Lipinski definition) is 0. The number of likely N-dealkylation sites (tertiary alicyclic amines) is 1. The van der Waals surface area contributed by atoms with Gasteiger partial charge in [-0.1, -0.05) is 37.3 Å². The Hall–Kier alpha value is -2.18. The van der Waals surface area contributed by atoms with Crippen LogP contribution in [-0.4, -0.2) is 37.1 Å². The summed E-state index contributed by atoms with van der Waals surface area (Å²) in [6.45, 7) is 4.49. The minimum Gasteiger partial charge on any atom is -0.440 e. The Kier molecular flexibility index (Phi) is 4.54. The lowest BCUT2D eigenvalue weighted by atomic mass is 10.1. The molecule has 1 atom stereocenters. The molecule has 6 heteroatoms. The van der Waals surface area contributed by atoms with Gasteiger partial charge < -0.3 is 4.42 Å². The van der Waals surface area contributed by atoms with E-state index in [0.29, 0.717) is 21.9 Å². The quantitative estimate of drug-likeness (QED) is 0.686. The third-order valence-electron chi connectivity index (χ3n) is 4.99. The molecule has 1 aliphatic heterocycles. The van der Waals surface area contributed by atoms with Crippen molar-refractivity contribution in [3.05, 3.63) is 60.0 Å². The second-order valence-electron chi connectivity index (χ2n) is 6.79. The largest absolute Gasteiger partial charge is 0.440 e. The van der Waals surface area contributed by atoms with Gasteiger partial charge in [-0.25, -0.2) is 13.4 Å². The van der Waals surface area contributed by atoms with E-state index in [1.54, 1.807) is 25.1 Å². The zero-order valence-electron chi connectivity index (χ0n) is 14.8. The number of aromatic nitrogens is 1. The Morgan fingerprint density at radius 2 is 2.00 bits per heavy atom. The maximum Gasteiger partial charge on any atom is 0.199 e. The van der Waals surface area contributed by atoms with Gasteiger partial charge in [0.25, 0.3) is 0 Å². The third kappa shape index (κ3) is 3.39. The number of hydrogen-bond acceptors (Lipinski definition) is 5. The summed E-state index contributed by atoms with van der Waals surface area (Å²) in [6.07, 6.45) is 1.000. The Labute approximate surface area is 153 Å². The minimum absolute atomic E-state index is 0.0836. The summed E-state index contributed by atoms with van der Waals surface area (Å²) in [6, 6.07) is 15.4. The Balaban J connectivity index is 1.52. The van der Waals surface area contributed by atoms with Crippen LogP contribution in [0.5, 0.6) is 0 Å². The monoisotopic (exact) mass is 370 g/mol. The second kappa shape index (κ2) is 6.85. The summed E-state index contributed by atoms with van der Waals surface area (Å²) in [5, 5.41) is 0. The molecule has 1 aromatic heterocycles. The van der Waals surface area contributed by atoms with E-state index < -0.39 is 9.84 Å². The van der Waals surface area contributed by atoms with Gasteiger partial charge in [0.05, 0.1) is 10.6 Å². The van der Waals surface area contributed by atoms with Crippen molar-refractivity contribution in [1.29, 1.82) is 0 Å². The van der Waals surface area contributed by atoms with E-state index in [2.05, 4.69) is 34.1 Å². The summed E-state index contributed by atoms with van der Waals surface area (Å²) in [7, 11) is -3.23. The van der Waals surface area contributed by atoms with Crippen LogP contribution < -0.4 is 0 Å². The molecule has 0 saturated carbocycles. The summed E-state index contributed by atoms with van der Waals surface area (Å²) < 4.78 is 30.0. The summed E-state index contributed by atoms with van der Waals surface area (Å²) in [4.78, 5) is 7.30. The predicted octanol–water partition coefficient (Wildman–Crippen LogP) is 3.61. The molecule has 136 valence electrons. The minimum atomic E-state index is -3.23. The molecule has 4 rings (SSSR count). The summed E-state index contributed by atoms with van der Waals surface area (Å²) in [5.41, 5.74) is 2.58. The molecular weight excluding hydrogens is 348 g/mol. The number of rotatable bonds is 5. The van der Waals surface area contributed by atoms with Gasteiger partial charge in [-0.2, -0.15) is 0 Å². The molecule has 0 N–H and O–H groups in total. The lowest BCUT2D eigenvalue weighted by Crippen LogP contribution is -2.19. The van der Waals surface area contributed by atoms with Crippen LogP contribution in [0, 0.1) is 0 Å². The highest BCUT2D eigenvalue weighted by Crippen LogP contribution is 2.30. The molecule has 2 aromatic carbocycles. The molecule has 26 heavy (non-hydrogen) atoms. The SMILES string of the molecule is CCS(=O)(=O)c1ccc2oc(C3CCN(Cc4ccccc4)C3)nc2c1. The lowest BCUT2D eigenvalue weighted by Gasteiger charge is -2.15. The van der Waals surface area contributed by atoms with Crippen molar-refractivity contribution in [1.82, 2.24) is 9.88 Å². The van der Waals surface area contributed by atoms with Crippen molar-refractivity contribution >= 4 is 20.9 Å². The average Bonchev–Trinajstić information content (AvgIpc) is 3.28. The topological polar surface area (TPSA) is 63.4 Å². The van der Waals surface area contributed by atoms with Crippen LogP contribution in [-0.2, 0) is 16.4 Å². The molecule has 0 spiro atoms. The molecule has 1 unspecified atom stereocenters. The van der Waals surface area contributed by atoms with Crippen molar-refractivity contribution in [3.63, 3.8) is 0 Å². The van der Waals surface area contributed by atoms with E-state index in [4.69, 9.17) is 4.42 Å². The first kappa shape index (κ1) is 17.2. The number of fused-ring (bicyclic) bond motifs is 1. The van der Waals surface area contributed by atoms with Crippen LogP contribution in [0.1, 0.15) is 30.7 Å². The highest BCUT2D eigenvalue weighted by atomic mass is 32.2. The van der Waals surface area contributed by atoms with Crippen LogP contribution >= 0.6 is 0 Å². The van der Waals surface area contributed by atoms with Gasteiger partial charge in [0, 0.05) is 19.0 Å². The fraction of sp³-hybridized carbons (Fsp3) is 0.350. The van der Waals surface area contributed by atoms with Crippen molar-refractivity contribution in [2.24, 2.45) is 0 Å². The maximum absolute atomic E-state index is 12.1. The molecule has 1 aliphatic rings. The third-order valence-corrected chi connectivity index (χ3v) is 6.72. The number of oxazole rings is 1. The van der Waals surface area contributed by atoms with Gasteiger partial charge in [0.1, 0.15) is 5.52 Å². The normalized spacial score (nSPS) is 18.6. The number of nitrogens with zero attached hydrogens (tertiary/aromatic N) is 2. The van der Waals surface area contributed by atoms with Crippen molar-refractivity contribution < 1.29 is 12.8 Å². The molecule has 0 aliphatic carbocycles. The van der Waals surface area contributed by atoms with Crippen LogP contribution in [0.2, 0.25) is 0 Å². The zero-order valence-corrected chi connectivity index (χ0v) is 15.6. The van der Waals surface area contributed by atoms with Gasteiger partial charge >= 0.3 is 0 Å². The van der Waals surface area contributed by atoms with Crippen molar-refractivity contribution in [2.45, 2.75) is 30.7 Å². The van der Waals surface area contributed by atoms with Crippen molar-refractivity contribution in [3.8, 4) is 0 Å². The Morgan fingerprint density at radius 3 is 2.77 bits per heavy atom. The van der Waals surface area contributed by atoms with Crippen LogP contribution in [0.15, 0.2) is 57.8 Å². The Bertz CT molecular complexity index is 1010. The highest BCUT2D eigenvalue weighted by molar-refractivity contribution is 7.91. The molecule has 1 fully saturated rings. The molecule has 5 nitrogen and oxygen atoms in total. The fourth-order valence-electron chi connectivity index (χ4n) is 3.48. The van der Waals surface area contributed by atoms with Crippen molar-refractivity contribution in [2.75, 3.05) is 18.8 Å². The molecule has 3 aromatic rings. The van der Waals surface area contributed by atoms with Gasteiger partial charge in [-0.05, 0) is 36.7 Å². The van der Waals surface area contributed by atoms with Gasteiger partial charge in [0.15, 0.2) is 21.3 Å². The summed E-state index contributed by atoms with van der Waals surface area (Å²) in [5.74, 6) is 1.04. The Morgan fingerprint density at radius 1 is 1.19 bits per heavy atom. The first-order valence-corrected chi connectivity index (χ1v) is 10.6. The van der Waals surface area contributed by atoms with Gasteiger partial charge in [-0.3, -0.25) is 4.90 Å². The van der Waals surface area contributed by atoms with E-state index in [-0.39, 0.29) is 11.7 Å². The summed E-state index contributed by atoms with van der Waals surface area (Å²) >= 11 is 0. The molecule has 0 radical (unpaired) electrons. The standard InChI is InChI=1S/C20H22N2O3S/c1-2-26(23,24)17-8-9-19-18(12-17)21-20(25-19)16-10-11-22(14-16)13-15-6-4-3-5-7-15/h3-9,12,16H,2,10-11,13-14H2,1H3. The lowest BCUT2D eigenvalue weighted by molar-refractivity contribution is 0.321. The average molecular weight is 370 g/mol. The molecule has 1 saturated heterocycles. The van der Waals surface area contributed by atoms with E-state index >= 15 is 0 Å². The molecule has 0 bridgehead atoms. The van der Waals surface area contributed by atoms with E-state index in [9.17, 15) is 8.42 Å². The van der Waals surface area contributed by atoms with Gasteiger partial charge in [-0.15, -0.1) is 0 Å². The van der Waals surface area contributed by atoms with E-state index in [1.165, 1.54) is 5.56 Å². The first-order chi connectivity index (χ1) is 12.5.